The number of anilines is 1. The van der Waals surface area contributed by atoms with E-state index < -0.39 is 17.8 Å². The second-order valence-electron chi connectivity index (χ2n) is 5.10. The Hall–Kier alpha value is -1.88. The van der Waals surface area contributed by atoms with Crippen LogP contribution in [0.15, 0.2) is 40.9 Å². The van der Waals surface area contributed by atoms with E-state index in [1.165, 1.54) is 12.1 Å². The van der Waals surface area contributed by atoms with E-state index in [4.69, 9.17) is 4.74 Å². The molecule has 22 heavy (non-hydrogen) atoms. The maximum Gasteiger partial charge on any atom is 0.265 e. The van der Waals surface area contributed by atoms with Gasteiger partial charge in [0.25, 0.3) is 5.91 Å². The smallest absolute Gasteiger partial charge is 0.265 e. The van der Waals surface area contributed by atoms with Gasteiger partial charge >= 0.3 is 0 Å². The molecule has 0 aliphatic heterocycles. The summed E-state index contributed by atoms with van der Waals surface area (Å²) in [5, 5.41) is 2.53. The number of hydrogen-bond acceptors (Lipinski definition) is 2. The molecule has 0 radical (unpaired) electrons. The Labute approximate surface area is 137 Å². The third-order valence-electron chi connectivity index (χ3n) is 3.22. The molecule has 0 aliphatic rings. The average molecular weight is 366 g/mol. The Balaban J connectivity index is 2.11. The van der Waals surface area contributed by atoms with Gasteiger partial charge in [0.1, 0.15) is 11.6 Å². The van der Waals surface area contributed by atoms with Crippen molar-refractivity contribution in [1.82, 2.24) is 0 Å². The topological polar surface area (TPSA) is 38.3 Å². The Morgan fingerprint density at radius 2 is 1.82 bits per heavy atom. The van der Waals surface area contributed by atoms with Crippen LogP contribution >= 0.6 is 15.9 Å². The summed E-state index contributed by atoms with van der Waals surface area (Å²) in [7, 11) is 0. The van der Waals surface area contributed by atoms with Crippen molar-refractivity contribution in [3.8, 4) is 5.75 Å². The first-order chi connectivity index (χ1) is 10.4. The Morgan fingerprint density at radius 3 is 2.41 bits per heavy atom. The summed E-state index contributed by atoms with van der Waals surface area (Å²) in [6, 6.07) is 9.88. The van der Waals surface area contributed by atoms with Gasteiger partial charge in [-0.25, -0.2) is 4.39 Å². The summed E-state index contributed by atoms with van der Waals surface area (Å²) in [4.78, 5) is 12.1. The lowest BCUT2D eigenvalue weighted by Gasteiger charge is -2.18. The molecule has 0 spiro atoms. The normalized spacial score (nSPS) is 11.9. The Kier molecular flexibility index (Phi) is 5.19. The van der Waals surface area contributed by atoms with Crippen molar-refractivity contribution in [2.45, 2.75) is 26.9 Å². The van der Waals surface area contributed by atoms with Gasteiger partial charge in [-0.05, 0) is 56.2 Å². The first-order valence-electron chi connectivity index (χ1n) is 6.87. The first-order valence-corrected chi connectivity index (χ1v) is 7.66. The van der Waals surface area contributed by atoms with Crippen LogP contribution in [-0.4, -0.2) is 12.0 Å². The van der Waals surface area contributed by atoms with Gasteiger partial charge in [0.2, 0.25) is 0 Å². The fourth-order valence-corrected chi connectivity index (χ4v) is 2.80. The van der Waals surface area contributed by atoms with Crippen LogP contribution in [0.2, 0.25) is 0 Å². The van der Waals surface area contributed by atoms with E-state index in [-0.39, 0.29) is 5.69 Å². The second-order valence-corrected chi connectivity index (χ2v) is 6.01. The number of amides is 1. The number of rotatable bonds is 4. The molecule has 0 heterocycles. The molecule has 1 atom stereocenters. The second kappa shape index (κ2) is 6.92. The van der Waals surface area contributed by atoms with E-state index in [0.717, 1.165) is 15.6 Å². The van der Waals surface area contributed by atoms with E-state index in [2.05, 4.69) is 21.2 Å². The van der Waals surface area contributed by atoms with Crippen molar-refractivity contribution in [2.24, 2.45) is 0 Å². The van der Waals surface area contributed by atoms with Crippen molar-refractivity contribution in [3.63, 3.8) is 0 Å². The van der Waals surface area contributed by atoms with Gasteiger partial charge in [0.05, 0.1) is 5.69 Å². The maximum absolute atomic E-state index is 13.6. The minimum Gasteiger partial charge on any atom is -0.480 e. The molecule has 1 amide bonds. The first kappa shape index (κ1) is 16.5. The highest BCUT2D eigenvalue weighted by atomic mass is 79.9. The van der Waals surface area contributed by atoms with Crippen LogP contribution in [-0.2, 0) is 4.79 Å². The van der Waals surface area contributed by atoms with Crippen LogP contribution in [0, 0.1) is 19.7 Å². The van der Waals surface area contributed by atoms with E-state index in [9.17, 15) is 9.18 Å². The SMILES string of the molecule is Cc1cc(Br)cc(C)c1OC(C)C(=O)Nc1ccccc1F. The quantitative estimate of drug-likeness (QED) is 0.858. The molecule has 2 aromatic carbocycles. The van der Waals surface area contributed by atoms with Crippen molar-refractivity contribution in [1.29, 1.82) is 0 Å². The summed E-state index contributed by atoms with van der Waals surface area (Å²) in [6.07, 6.45) is -0.738. The van der Waals surface area contributed by atoms with Crippen LogP contribution in [0.4, 0.5) is 10.1 Å². The predicted octanol–water partition coefficient (Wildman–Crippen LogP) is 4.61. The molecule has 0 fully saturated rings. The van der Waals surface area contributed by atoms with E-state index in [1.807, 2.05) is 26.0 Å². The van der Waals surface area contributed by atoms with Gasteiger partial charge in [-0.3, -0.25) is 4.79 Å². The predicted molar refractivity (Wildman–Crippen MR) is 88.7 cm³/mol. The van der Waals surface area contributed by atoms with Gasteiger partial charge < -0.3 is 10.1 Å². The molecule has 0 bridgehead atoms. The summed E-state index contributed by atoms with van der Waals surface area (Å²) in [6.45, 7) is 5.46. The molecule has 0 saturated carbocycles. The zero-order chi connectivity index (χ0) is 16.3. The summed E-state index contributed by atoms with van der Waals surface area (Å²) in [5.74, 6) is -0.203. The van der Waals surface area contributed by atoms with Gasteiger partial charge in [-0.15, -0.1) is 0 Å². The van der Waals surface area contributed by atoms with E-state index in [1.54, 1.807) is 19.1 Å². The molecule has 2 rings (SSSR count). The van der Waals surface area contributed by atoms with Crippen LogP contribution < -0.4 is 10.1 Å². The molecule has 0 aliphatic carbocycles. The zero-order valence-corrected chi connectivity index (χ0v) is 14.2. The third kappa shape index (κ3) is 3.85. The fraction of sp³-hybridized carbons (Fsp3) is 0.235. The van der Waals surface area contributed by atoms with Gasteiger partial charge in [-0.2, -0.15) is 0 Å². The fourth-order valence-electron chi connectivity index (χ4n) is 2.11. The number of benzene rings is 2. The van der Waals surface area contributed by atoms with Crippen LogP contribution in [0.25, 0.3) is 0 Å². The number of ether oxygens (including phenoxy) is 1. The molecule has 0 saturated heterocycles. The molecule has 1 unspecified atom stereocenters. The number of carbonyl (C=O) groups is 1. The number of para-hydroxylation sites is 1. The maximum atomic E-state index is 13.6. The lowest BCUT2D eigenvalue weighted by Crippen LogP contribution is -2.30. The summed E-state index contributed by atoms with van der Waals surface area (Å²) < 4.78 is 20.3. The number of hydrogen-bond donors (Lipinski definition) is 1. The lowest BCUT2D eigenvalue weighted by atomic mass is 10.1. The van der Waals surface area contributed by atoms with Gasteiger partial charge in [-0.1, -0.05) is 28.1 Å². The molecule has 3 nitrogen and oxygen atoms in total. The highest BCUT2D eigenvalue weighted by Gasteiger charge is 2.18. The molecular weight excluding hydrogens is 349 g/mol. The summed E-state index contributed by atoms with van der Waals surface area (Å²) >= 11 is 3.42. The standard InChI is InChI=1S/C17H17BrFNO2/c1-10-8-13(18)9-11(2)16(10)22-12(3)17(21)20-15-7-5-4-6-14(15)19/h4-9,12H,1-3H3,(H,20,21). The number of halogens is 2. The van der Waals surface area contributed by atoms with Gasteiger partial charge in [0.15, 0.2) is 6.10 Å². The van der Waals surface area contributed by atoms with Crippen LogP contribution in [0.5, 0.6) is 5.75 Å². The minimum absolute atomic E-state index is 0.146. The van der Waals surface area contributed by atoms with E-state index in [0.29, 0.717) is 5.75 Å². The highest BCUT2D eigenvalue weighted by Crippen LogP contribution is 2.28. The lowest BCUT2D eigenvalue weighted by molar-refractivity contribution is -0.122. The monoisotopic (exact) mass is 365 g/mol. The summed E-state index contributed by atoms with van der Waals surface area (Å²) in [5.41, 5.74) is 2.00. The zero-order valence-electron chi connectivity index (χ0n) is 12.6. The van der Waals surface area contributed by atoms with Crippen molar-refractivity contribution >= 4 is 27.5 Å². The highest BCUT2D eigenvalue weighted by molar-refractivity contribution is 9.10. The molecule has 1 N–H and O–H groups in total. The molecule has 0 aromatic heterocycles. The largest absolute Gasteiger partial charge is 0.480 e. The Bertz CT molecular complexity index is 680. The number of nitrogens with one attached hydrogen (secondary N) is 1. The van der Waals surface area contributed by atoms with Crippen molar-refractivity contribution in [3.05, 3.63) is 57.8 Å². The number of carbonyl (C=O) groups excluding carboxylic acids is 1. The molecular formula is C17H17BrFNO2. The van der Waals surface area contributed by atoms with Crippen LogP contribution in [0.3, 0.4) is 0 Å². The van der Waals surface area contributed by atoms with Crippen LogP contribution in [0.1, 0.15) is 18.1 Å². The Morgan fingerprint density at radius 1 is 1.23 bits per heavy atom. The number of aryl methyl sites for hydroxylation is 2. The van der Waals surface area contributed by atoms with Gasteiger partial charge in [0, 0.05) is 4.47 Å². The van der Waals surface area contributed by atoms with E-state index >= 15 is 0 Å². The average Bonchev–Trinajstić information content (AvgIpc) is 2.45. The third-order valence-corrected chi connectivity index (χ3v) is 3.68. The molecule has 116 valence electrons. The minimum atomic E-state index is -0.738. The molecule has 2 aromatic rings. The molecule has 5 heteroatoms. The van der Waals surface area contributed by atoms with Crippen molar-refractivity contribution in [2.75, 3.05) is 5.32 Å². The van der Waals surface area contributed by atoms with Crippen molar-refractivity contribution < 1.29 is 13.9 Å².